The van der Waals surface area contributed by atoms with Crippen molar-refractivity contribution in [1.29, 1.82) is 0 Å². The van der Waals surface area contributed by atoms with Gasteiger partial charge in [-0.15, -0.1) is 0 Å². The number of benzene rings is 1. The van der Waals surface area contributed by atoms with Gasteiger partial charge < -0.3 is 5.11 Å². The first-order chi connectivity index (χ1) is 10.0. The van der Waals surface area contributed by atoms with Crippen molar-refractivity contribution in [2.45, 2.75) is 13.8 Å². The van der Waals surface area contributed by atoms with Gasteiger partial charge >= 0.3 is 0 Å². The molecule has 21 heavy (non-hydrogen) atoms. The molecule has 1 N–H and O–H groups in total. The van der Waals surface area contributed by atoms with Crippen LogP contribution in [0.4, 0.5) is 0 Å². The Morgan fingerprint density at radius 2 is 1.71 bits per heavy atom. The fraction of sp³-hybridized carbons (Fsp3) is 0.176. The number of phenolic OH excluding ortho intramolecular Hbond substituents is 1. The standard InChI is InChI=1S/C17H17N3O/c1-11-4-9-15(13-5-7-14(21)8-6-13)17(18-11)16-10-12(2)20(3)19-16/h4-10,21H,1-3H3. The molecule has 0 spiro atoms. The first-order valence-corrected chi connectivity index (χ1v) is 6.82. The second-order valence-electron chi connectivity index (χ2n) is 5.19. The van der Waals surface area contributed by atoms with Gasteiger partial charge in [-0.25, -0.2) is 0 Å². The van der Waals surface area contributed by atoms with Crippen molar-refractivity contribution in [1.82, 2.24) is 14.8 Å². The molecule has 2 heterocycles. The second-order valence-corrected chi connectivity index (χ2v) is 5.19. The Morgan fingerprint density at radius 3 is 2.33 bits per heavy atom. The van der Waals surface area contributed by atoms with Crippen molar-refractivity contribution in [3.8, 4) is 28.3 Å². The number of hydrogen-bond acceptors (Lipinski definition) is 3. The summed E-state index contributed by atoms with van der Waals surface area (Å²) < 4.78 is 1.85. The highest BCUT2D eigenvalue weighted by atomic mass is 16.3. The van der Waals surface area contributed by atoms with Crippen LogP contribution in [-0.2, 0) is 7.05 Å². The maximum Gasteiger partial charge on any atom is 0.115 e. The summed E-state index contributed by atoms with van der Waals surface area (Å²) in [7, 11) is 1.93. The van der Waals surface area contributed by atoms with Crippen LogP contribution in [0.25, 0.3) is 22.5 Å². The molecule has 0 aliphatic carbocycles. The zero-order valence-corrected chi connectivity index (χ0v) is 12.3. The molecule has 3 rings (SSSR count). The van der Waals surface area contributed by atoms with Crippen LogP contribution in [0.5, 0.6) is 5.75 Å². The lowest BCUT2D eigenvalue weighted by Crippen LogP contribution is -1.95. The van der Waals surface area contributed by atoms with Gasteiger partial charge in [0.2, 0.25) is 0 Å². The third-order valence-corrected chi connectivity index (χ3v) is 3.57. The van der Waals surface area contributed by atoms with Crippen LogP contribution in [0.15, 0.2) is 42.5 Å². The van der Waals surface area contributed by atoms with Gasteiger partial charge in [-0.2, -0.15) is 5.10 Å². The summed E-state index contributed by atoms with van der Waals surface area (Å²) in [6, 6.07) is 13.2. The number of aromatic nitrogens is 3. The van der Waals surface area contributed by atoms with Crippen molar-refractivity contribution in [3.63, 3.8) is 0 Å². The van der Waals surface area contributed by atoms with E-state index in [4.69, 9.17) is 0 Å². The van der Waals surface area contributed by atoms with Crippen LogP contribution in [0.1, 0.15) is 11.4 Å². The van der Waals surface area contributed by atoms with E-state index in [2.05, 4.69) is 10.1 Å². The first kappa shape index (κ1) is 13.4. The van der Waals surface area contributed by atoms with E-state index >= 15 is 0 Å². The lowest BCUT2D eigenvalue weighted by Gasteiger charge is -2.08. The Hall–Kier alpha value is -2.62. The van der Waals surface area contributed by atoms with E-state index in [1.807, 2.05) is 55.9 Å². The van der Waals surface area contributed by atoms with E-state index in [1.165, 1.54) is 0 Å². The lowest BCUT2D eigenvalue weighted by atomic mass is 10.0. The second kappa shape index (κ2) is 5.05. The number of rotatable bonds is 2. The first-order valence-electron chi connectivity index (χ1n) is 6.82. The normalized spacial score (nSPS) is 10.8. The fourth-order valence-corrected chi connectivity index (χ4v) is 2.30. The molecule has 0 amide bonds. The third kappa shape index (κ3) is 2.52. The summed E-state index contributed by atoms with van der Waals surface area (Å²) in [5, 5.41) is 14.0. The molecule has 1 aromatic carbocycles. The van der Waals surface area contributed by atoms with Crippen LogP contribution in [0, 0.1) is 13.8 Å². The van der Waals surface area contributed by atoms with Gasteiger partial charge in [-0.1, -0.05) is 18.2 Å². The maximum atomic E-state index is 9.44. The molecule has 0 saturated carbocycles. The molecule has 3 aromatic rings. The molecule has 4 nitrogen and oxygen atoms in total. The molecule has 0 radical (unpaired) electrons. The molecular formula is C17H17N3O. The van der Waals surface area contributed by atoms with Gasteiger partial charge in [-0.05, 0) is 43.7 Å². The number of phenols is 1. The average Bonchev–Trinajstić information content (AvgIpc) is 2.80. The molecule has 0 saturated heterocycles. The number of nitrogens with zero attached hydrogens (tertiary/aromatic N) is 3. The minimum Gasteiger partial charge on any atom is -0.508 e. The van der Waals surface area contributed by atoms with E-state index in [9.17, 15) is 5.11 Å². The lowest BCUT2D eigenvalue weighted by molar-refractivity contribution is 0.475. The van der Waals surface area contributed by atoms with Crippen LogP contribution < -0.4 is 0 Å². The molecule has 4 heteroatoms. The maximum absolute atomic E-state index is 9.44. The summed E-state index contributed by atoms with van der Waals surface area (Å²) >= 11 is 0. The number of hydrogen-bond donors (Lipinski definition) is 1. The molecule has 0 unspecified atom stereocenters. The number of aromatic hydroxyl groups is 1. The summed E-state index contributed by atoms with van der Waals surface area (Å²) in [4.78, 5) is 4.66. The van der Waals surface area contributed by atoms with Crippen molar-refractivity contribution in [3.05, 3.63) is 53.9 Å². The van der Waals surface area contributed by atoms with Crippen LogP contribution in [-0.4, -0.2) is 19.9 Å². The quantitative estimate of drug-likeness (QED) is 0.781. The zero-order valence-electron chi connectivity index (χ0n) is 12.3. The van der Waals surface area contributed by atoms with Crippen molar-refractivity contribution in [2.75, 3.05) is 0 Å². The number of pyridine rings is 1. The van der Waals surface area contributed by atoms with E-state index < -0.39 is 0 Å². The smallest absolute Gasteiger partial charge is 0.115 e. The topological polar surface area (TPSA) is 50.9 Å². The van der Waals surface area contributed by atoms with Gasteiger partial charge in [0.25, 0.3) is 0 Å². The minimum atomic E-state index is 0.258. The summed E-state index contributed by atoms with van der Waals surface area (Å²) in [6.45, 7) is 3.99. The summed E-state index contributed by atoms with van der Waals surface area (Å²) in [5.74, 6) is 0.258. The molecule has 0 bridgehead atoms. The van der Waals surface area contributed by atoms with E-state index in [0.717, 1.165) is 33.9 Å². The Kier molecular flexibility index (Phi) is 3.22. The van der Waals surface area contributed by atoms with Crippen LogP contribution in [0.2, 0.25) is 0 Å². The molecular weight excluding hydrogens is 262 g/mol. The average molecular weight is 279 g/mol. The summed E-state index contributed by atoms with van der Waals surface area (Å²) in [6.07, 6.45) is 0. The highest BCUT2D eigenvalue weighted by Crippen LogP contribution is 2.31. The molecule has 2 aromatic heterocycles. The predicted molar refractivity (Wildman–Crippen MR) is 83.0 cm³/mol. The molecule has 0 aliphatic heterocycles. The molecule has 0 aliphatic rings. The van der Waals surface area contributed by atoms with Gasteiger partial charge in [0, 0.05) is 24.0 Å². The van der Waals surface area contributed by atoms with Crippen LogP contribution >= 0.6 is 0 Å². The van der Waals surface area contributed by atoms with Crippen molar-refractivity contribution in [2.24, 2.45) is 7.05 Å². The van der Waals surface area contributed by atoms with Gasteiger partial charge in [0.1, 0.15) is 11.4 Å². The van der Waals surface area contributed by atoms with E-state index in [-0.39, 0.29) is 5.75 Å². The highest BCUT2D eigenvalue weighted by molar-refractivity contribution is 5.79. The van der Waals surface area contributed by atoms with Crippen molar-refractivity contribution < 1.29 is 5.11 Å². The van der Waals surface area contributed by atoms with E-state index in [1.54, 1.807) is 12.1 Å². The summed E-state index contributed by atoms with van der Waals surface area (Å²) in [5.41, 5.74) is 5.80. The van der Waals surface area contributed by atoms with Crippen LogP contribution in [0.3, 0.4) is 0 Å². The molecule has 0 atom stereocenters. The Labute approximate surface area is 123 Å². The number of aryl methyl sites for hydroxylation is 3. The zero-order chi connectivity index (χ0) is 15.0. The molecule has 106 valence electrons. The van der Waals surface area contributed by atoms with Gasteiger partial charge in [-0.3, -0.25) is 9.67 Å². The minimum absolute atomic E-state index is 0.258. The van der Waals surface area contributed by atoms with Gasteiger partial charge in [0.05, 0.1) is 5.69 Å². The highest BCUT2D eigenvalue weighted by Gasteiger charge is 2.13. The molecule has 0 fully saturated rings. The largest absolute Gasteiger partial charge is 0.508 e. The monoisotopic (exact) mass is 279 g/mol. The third-order valence-electron chi connectivity index (χ3n) is 3.57. The van der Waals surface area contributed by atoms with Crippen molar-refractivity contribution >= 4 is 0 Å². The van der Waals surface area contributed by atoms with Gasteiger partial charge in [0.15, 0.2) is 0 Å². The Morgan fingerprint density at radius 1 is 1.00 bits per heavy atom. The Bertz CT molecular complexity index is 769. The predicted octanol–water partition coefficient (Wildman–Crippen LogP) is 3.47. The Balaban J connectivity index is 2.19. The SMILES string of the molecule is Cc1ccc(-c2ccc(O)cc2)c(-c2cc(C)n(C)n2)n1. The fourth-order valence-electron chi connectivity index (χ4n) is 2.30. The van der Waals surface area contributed by atoms with E-state index in [0.29, 0.717) is 0 Å².